The Labute approximate surface area is 128 Å². The molecule has 2 nitrogen and oxygen atoms in total. The number of halogens is 1. The Morgan fingerprint density at radius 1 is 0.950 bits per heavy atom. The van der Waals surface area contributed by atoms with Gasteiger partial charge in [0.15, 0.2) is 0 Å². The quantitative estimate of drug-likeness (QED) is 0.801. The van der Waals surface area contributed by atoms with Crippen LogP contribution in [0.1, 0.15) is 30.4 Å². The molecule has 1 heterocycles. The number of rotatable bonds is 2. The van der Waals surface area contributed by atoms with Gasteiger partial charge in [-0.3, -0.25) is 4.90 Å². The molecule has 0 aliphatic carbocycles. The number of hydrogen-bond acceptors (Lipinski definition) is 2. The van der Waals surface area contributed by atoms with Gasteiger partial charge in [0.1, 0.15) is 12.3 Å². The molecule has 1 fully saturated rings. The van der Waals surface area contributed by atoms with Gasteiger partial charge in [0.05, 0.1) is 0 Å². The molecule has 0 aromatic heterocycles. The molecular formula is C17H18BrNO. The smallest absolute Gasteiger partial charge is 0.137 e. The second-order valence-electron chi connectivity index (χ2n) is 5.28. The lowest BCUT2D eigenvalue weighted by Gasteiger charge is -2.21. The van der Waals surface area contributed by atoms with E-state index in [0.29, 0.717) is 6.04 Å². The van der Waals surface area contributed by atoms with Crippen molar-refractivity contribution < 1.29 is 4.74 Å². The third kappa shape index (κ3) is 2.53. The van der Waals surface area contributed by atoms with E-state index >= 15 is 0 Å². The van der Waals surface area contributed by atoms with E-state index in [4.69, 9.17) is 4.74 Å². The first-order valence-corrected chi connectivity index (χ1v) is 7.64. The molecule has 0 N–H and O–H groups in total. The molecule has 3 heteroatoms. The van der Waals surface area contributed by atoms with Crippen LogP contribution in [0.15, 0.2) is 59.1 Å². The van der Waals surface area contributed by atoms with Gasteiger partial charge >= 0.3 is 0 Å². The summed E-state index contributed by atoms with van der Waals surface area (Å²) in [7, 11) is 2.13. The molecular weight excluding hydrogens is 314 g/mol. The standard InChI is InChI=1S/C17H18BrNO/c1-12-16(13-6-4-3-5-7-13)20-17(19(12)2)14-8-10-15(18)11-9-14/h3-12,16-17H,1-2H3. The highest BCUT2D eigenvalue weighted by atomic mass is 79.9. The first-order chi connectivity index (χ1) is 9.66. The fraction of sp³-hybridized carbons (Fsp3) is 0.294. The van der Waals surface area contributed by atoms with Gasteiger partial charge in [-0.05, 0) is 37.2 Å². The van der Waals surface area contributed by atoms with Crippen molar-refractivity contribution >= 4 is 15.9 Å². The van der Waals surface area contributed by atoms with Crippen molar-refractivity contribution in [3.05, 3.63) is 70.2 Å². The summed E-state index contributed by atoms with van der Waals surface area (Å²) in [4.78, 5) is 2.29. The molecule has 3 atom stereocenters. The van der Waals surface area contributed by atoms with E-state index < -0.39 is 0 Å². The van der Waals surface area contributed by atoms with Crippen LogP contribution in [0.2, 0.25) is 0 Å². The van der Waals surface area contributed by atoms with Gasteiger partial charge in [-0.25, -0.2) is 0 Å². The average molecular weight is 332 g/mol. The highest BCUT2D eigenvalue weighted by Crippen LogP contribution is 2.41. The van der Waals surface area contributed by atoms with Crippen LogP contribution in [-0.4, -0.2) is 18.0 Å². The minimum atomic E-state index is 0.0170. The third-order valence-electron chi connectivity index (χ3n) is 4.01. The summed E-state index contributed by atoms with van der Waals surface area (Å²) < 4.78 is 7.40. The topological polar surface area (TPSA) is 12.5 Å². The highest BCUT2D eigenvalue weighted by Gasteiger charge is 2.38. The number of likely N-dealkylation sites (N-methyl/N-ethyl adjacent to an activating group) is 1. The summed E-state index contributed by atoms with van der Waals surface area (Å²) in [6.45, 7) is 2.22. The van der Waals surface area contributed by atoms with Crippen molar-refractivity contribution in [3.8, 4) is 0 Å². The molecule has 1 aliphatic rings. The van der Waals surface area contributed by atoms with Crippen LogP contribution in [0.5, 0.6) is 0 Å². The number of benzene rings is 2. The van der Waals surface area contributed by atoms with Crippen molar-refractivity contribution in [2.45, 2.75) is 25.3 Å². The van der Waals surface area contributed by atoms with Crippen molar-refractivity contribution in [2.24, 2.45) is 0 Å². The zero-order valence-electron chi connectivity index (χ0n) is 11.7. The summed E-state index contributed by atoms with van der Waals surface area (Å²) in [5.41, 5.74) is 2.44. The fourth-order valence-electron chi connectivity index (χ4n) is 2.72. The maximum atomic E-state index is 6.31. The molecule has 3 rings (SSSR count). The van der Waals surface area contributed by atoms with Gasteiger partial charge in [-0.2, -0.15) is 0 Å². The molecule has 1 aliphatic heterocycles. The van der Waals surface area contributed by atoms with Gasteiger partial charge in [0.2, 0.25) is 0 Å². The largest absolute Gasteiger partial charge is 0.349 e. The Morgan fingerprint density at radius 2 is 1.60 bits per heavy atom. The average Bonchev–Trinajstić information content (AvgIpc) is 2.77. The lowest BCUT2D eigenvalue weighted by Crippen LogP contribution is -2.27. The second-order valence-corrected chi connectivity index (χ2v) is 6.19. The van der Waals surface area contributed by atoms with Crippen molar-refractivity contribution in [2.75, 3.05) is 7.05 Å². The van der Waals surface area contributed by atoms with Crippen molar-refractivity contribution in [1.82, 2.24) is 4.90 Å². The number of hydrogen-bond donors (Lipinski definition) is 0. The van der Waals surface area contributed by atoms with E-state index in [9.17, 15) is 0 Å². The van der Waals surface area contributed by atoms with Crippen molar-refractivity contribution in [3.63, 3.8) is 0 Å². The van der Waals surface area contributed by atoms with Gasteiger partial charge in [0.25, 0.3) is 0 Å². The zero-order chi connectivity index (χ0) is 14.1. The Hall–Kier alpha value is -1.16. The van der Waals surface area contributed by atoms with Gasteiger partial charge in [0, 0.05) is 10.5 Å². The molecule has 0 bridgehead atoms. The molecule has 0 saturated carbocycles. The third-order valence-corrected chi connectivity index (χ3v) is 4.54. The van der Waals surface area contributed by atoms with Crippen LogP contribution in [0.4, 0.5) is 0 Å². The fourth-order valence-corrected chi connectivity index (χ4v) is 2.98. The molecule has 104 valence electrons. The van der Waals surface area contributed by atoms with E-state index in [2.05, 4.69) is 83.3 Å². The predicted molar refractivity (Wildman–Crippen MR) is 84.4 cm³/mol. The van der Waals surface area contributed by atoms with Gasteiger partial charge < -0.3 is 4.74 Å². The molecule has 2 aromatic rings. The lowest BCUT2D eigenvalue weighted by atomic mass is 10.0. The Balaban J connectivity index is 1.87. The number of nitrogens with zero attached hydrogens (tertiary/aromatic N) is 1. The molecule has 0 radical (unpaired) electrons. The molecule has 0 spiro atoms. The maximum absolute atomic E-state index is 6.31. The summed E-state index contributed by atoms with van der Waals surface area (Å²) in [5.74, 6) is 0. The summed E-state index contributed by atoms with van der Waals surface area (Å²) in [6.07, 6.45) is 0.137. The van der Waals surface area contributed by atoms with Crippen LogP contribution >= 0.6 is 15.9 Å². The first kappa shape index (κ1) is 13.8. The maximum Gasteiger partial charge on any atom is 0.137 e. The van der Waals surface area contributed by atoms with Crippen LogP contribution in [0.25, 0.3) is 0 Å². The predicted octanol–water partition coefficient (Wildman–Crippen LogP) is 4.54. The van der Waals surface area contributed by atoms with Crippen LogP contribution in [-0.2, 0) is 4.74 Å². The minimum Gasteiger partial charge on any atom is -0.349 e. The van der Waals surface area contributed by atoms with E-state index in [-0.39, 0.29) is 12.3 Å². The van der Waals surface area contributed by atoms with Crippen LogP contribution in [0.3, 0.4) is 0 Å². The molecule has 3 unspecified atom stereocenters. The Morgan fingerprint density at radius 3 is 2.25 bits per heavy atom. The minimum absolute atomic E-state index is 0.0170. The lowest BCUT2D eigenvalue weighted by molar-refractivity contribution is 0.00559. The monoisotopic (exact) mass is 331 g/mol. The van der Waals surface area contributed by atoms with E-state index in [1.54, 1.807) is 0 Å². The van der Waals surface area contributed by atoms with E-state index in [0.717, 1.165) is 4.47 Å². The summed E-state index contributed by atoms with van der Waals surface area (Å²) >= 11 is 3.48. The van der Waals surface area contributed by atoms with Gasteiger partial charge in [-0.15, -0.1) is 0 Å². The van der Waals surface area contributed by atoms with Gasteiger partial charge in [-0.1, -0.05) is 58.4 Å². The highest BCUT2D eigenvalue weighted by molar-refractivity contribution is 9.10. The molecule has 20 heavy (non-hydrogen) atoms. The molecule has 1 saturated heterocycles. The second kappa shape index (κ2) is 5.68. The summed E-state index contributed by atoms with van der Waals surface area (Å²) in [5, 5.41) is 0. The Kier molecular flexibility index (Phi) is 3.92. The first-order valence-electron chi connectivity index (χ1n) is 6.84. The zero-order valence-corrected chi connectivity index (χ0v) is 13.2. The van der Waals surface area contributed by atoms with Crippen LogP contribution in [0, 0.1) is 0 Å². The normalized spacial score (nSPS) is 26.9. The summed E-state index contributed by atoms with van der Waals surface area (Å²) in [6, 6.07) is 19.2. The molecule has 2 aromatic carbocycles. The number of ether oxygens (including phenoxy) is 1. The molecule has 0 amide bonds. The van der Waals surface area contributed by atoms with E-state index in [1.165, 1.54) is 11.1 Å². The van der Waals surface area contributed by atoms with Crippen molar-refractivity contribution in [1.29, 1.82) is 0 Å². The van der Waals surface area contributed by atoms with Crippen LogP contribution < -0.4 is 0 Å². The Bertz CT molecular complexity index is 569. The van der Waals surface area contributed by atoms with E-state index in [1.807, 2.05) is 6.07 Å². The SMILES string of the molecule is CC1C(c2ccccc2)OC(c2ccc(Br)cc2)N1C.